The maximum Gasteiger partial charge on any atom is 0.228 e. The molecule has 0 aromatic carbocycles. The molecular formula is C15H23N3O2. The zero-order chi connectivity index (χ0) is 14.9. The number of allylic oxidation sites excluding steroid dienone is 2. The van der Waals surface area contributed by atoms with Gasteiger partial charge in [-0.1, -0.05) is 30.7 Å². The molecular weight excluding hydrogens is 254 g/mol. The smallest absolute Gasteiger partial charge is 0.228 e. The van der Waals surface area contributed by atoms with Crippen LogP contribution < -0.4 is 5.32 Å². The number of rotatable bonds is 5. The minimum absolute atomic E-state index is 0.0580. The Balaban J connectivity index is 1.82. The van der Waals surface area contributed by atoms with Gasteiger partial charge in [0.05, 0.1) is 5.92 Å². The van der Waals surface area contributed by atoms with Crippen molar-refractivity contribution in [1.29, 1.82) is 0 Å². The van der Waals surface area contributed by atoms with E-state index >= 15 is 0 Å². The molecule has 1 aromatic heterocycles. The third kappa shape index (κ3) is 3.08. The topological polar surface area (TPSA) is 68.0 Å². The van der Waals surface area contributed by atoms with Crippen molar-refractivity contribution < 1.29 is 9.32 Å². The van der Waals surface area contributed by atoms with Crippen molar-refractivity contribution in [2.45, 2.75) is 41.0 Å². The molecule has 20 heavy (non-hydrogen) atoms. The van der Waals surface area contributed by atoms with E-state index in [2.05, 4.69) is 49.2 Å². The Morgan fingerprint density at radius 2 is 2.15 bits per heavy atom. The van der Waals surface area contributed by atoms with Gasteiger partial charge >= 0.3 is 0 Å². The molecule has 1 fully saturated rings. The standard InChI is InChI=1S/C15H23N3O2/c1-9(2)8-11-13(15(11,4)5)14(19)16-7-6-12-17-10(3)18-20-12/h8,11,13H,6-7H2,1-5H3,(H,16,19)/t11-,13+/m0/s1. The second-order valence-corrected chi connectivity index (χ2v) is 6.35. The average Bonchev–Trinajstić information content (AvgIpc) is 2.68. The maximum atomic E-state index is 12.2. The second kappa shape index (κ2) is 5.38. The van der Waals surface area contributed by atoms with Crippen LogP contribution >= 0.6 is 0 Å². The molecule has 0 unspecified atom stereocenters. The molecule has 1 N–H and O–H groups in total. The molecule has 1 aliphatic carbocycles. The molecule has 1 heterocycles. The molecule has 0 radical (unpaired) electrons. The van der Waals surface area contributed by atoms with E-state index in [1.54, 1.807) is 6.92 Å². The molecule has 1 saturated carbocycles. The summed E-state index contributed by atoms with van der Waals surface area (Å²) in [6.45, 7) is 10.7. The largest absolute Gasteiger partial charge is 0.355 e. The van der Waals surface area contributed by atoms with Crippen LogP contribution in [-0.4, -0.2) is 22.6 Å². The van der Waals surface area contributed by atoms with Crippen molar-refractivity contribution in [2.24, 2.45) is 17.3 Å². The minimum atomic E-state index is 0.0580. The van der Waals surface area contributed by atoms with Gasteiger partial charge in [-0.2, -0.15) is 4.98 Å². The van der Waals surface area contributed by atoms with Crippen LogP contribution in [0.15, 0.2) is 16.2 Å². The molecule has 5 nitrogen and oxygen atoms in total. The third-order valence-electron chi connectivity index (χ3n) is 3.91. The highest BCUT2D eigenvalue weighted by atomic mass is 16.5. The van der Waals surface area contributed by atoms with E-state index in [-0.39, 0.29) is 17.2 Å². The molecule has 1 aromatic rings. The zero-order valence-electron chi connectivity index (χ0n) is 12.9. The fourth-order valence-corrected chi connectivity index (χ4v) is 2.69. The van der Waals surface area contributed by atoms with E-state index in [0.29, 0.717) is 30.6 Å². The number of aryl methyl sites for hydroxylation is 1. The lowest BCUT2D eigenvalue weighted by molar-refractivity contribution is -0.123. The molecule has 0 spiro atoms. The molecule has 2 atom stereocenters. The fraction of sp³-hybridized carbons (Fsp3) is 0.667. The van der Waals surface area contributed by atoms with Gasteiger partial charge in [-0.3, -0.25) is 4.79 Å². The summed E-state index contributed by atoms with van der Waals surface area (Å²) in [5.41, 5.74) is 1.32. The Morgan fingerprint density at radius 3 is 2.70 bits per heavy atom. The SMILES string of the molecule is CC(C)=C[C@H]1[C@H](C(=O)NCCc2nc(C)no2)C1(C)C. The van der Waals surface area contributed by atoms with Gasteiger partial charge in [0.2, 0.25) is 11.8 Å². The number of hydrogen-bond donors (Lipinski definition) is 1. The van der Waals surface area contributed by atoms with Gasteiger partial charge in [-0.25, -0.2) is 0 Å². The number of amides is 1. The molecule has 0 aliphatic heterocycles. The second-order valence-electron chi connectivity index (χ2n) is 6.35. The summed E-state index contributed by atoms with van der Waals surface area (Å²) in [6, 6.07) is 0. The third-order valence-corrected chi connectivity index (χ3v) is 3.91. The fourth-order valence-electron chi connectivity index (χ4n) is 2.69. The first-order chi connectivity index (χ1) is 9.32. The lowest BCUT2D eigenvalue weighted by Crippen LogP contribution is -2.28. The number of nitrogens with one attached hydrogen (secondary N) is 1. The monoisotopic (exact) mass is 277 g/mol. The maximum absolute atomic E-state index is 12.2. The van der Waals surface area contributed by atoms with Crippen LogP contribution in [0.5, 0.6) is 0 Å². The molecule has 1 amide bonds. The Bertz CT molecular complexity index is 527. The highest BCUT2D eigenvalue weighted by Crippen LogP contribution is 2.59. The molecule has 0 saturated heterocycles. The van der Waals surface area contributed by atoms with Gasteiger partial charge in [-0.05, 0) is 32.1 Å². The number of aromatic nitrogens is 2. The van der Waals surface area contributed by atoms with Crippen LogP contribution in [0, 0.1) is 24.2 Å². The summed E-state index contributed by atoms with van der Waals surface area (Å²) in [4.78, 5) is 16.3. The quantitative estimate of drug-likeness (QED) is 0.838. The Hall–Kier alpha value is -1.65. The van der Waals surface area contributed by atoms with Crippen molar-refractivity contribution in [1.82, 2.24) is 15.5 Å². The van der Waals surface area contributed by atoms with Crippen molar-refractivity contribution in [3.63, 3.8) is 0 Å². The van der Waals surface area contributed by atoms with E-state index in [4.69, 9.17) is 4.52 Å². The van der Waals surface area contributed by atoms with Crippen LogP contribution in [0.25, 0.3) is 0 Å². The number of carbonyl (C=O) groups excluding carboxylic acids is 1. The number of carbonyl (C=O) groups is 1. The van der Waals surface area contributed by atoms with Crippen molar-refractivity contribution >= 4 is 5.91 Å². The summed E-state index contributed by atoms with van der Waals surface area (Å²) in [6.07, 6.45) is 2.78. The molecule has 2 rings (SSSR count). The van der Waals surface area contributed by atoms with E-state index in [0.717, 1.165) is 0 Å². The first kappa shape index (κ1) is 14.8. The van der Waals surface area contributed by atoms with Gasteiger partial charge in [0.25, 0.3) is 0 Å². The van der Waals surface area contributed by atoms with Gasteiger partial charge in [0.15, 0.2) is 5.82 Å². The summed E-state index contributed by atoms with van der Waals surface area (Å²) >= 11 is 0. The highest BCUT2D eigenvalue weighted by molar-refractivity contribution is 5.83. The highest BCUT2D eigenvalue weighted by Gasteiger charge is 2.60. The number of nitrogens with zero attached hydrogens (tertiary/aromatic N) is 2. The van der Waals surface area contributed by atoms with Crippen LogP contribution in [0.2, 0.25) is 0 Å². The Labute approximate surface area is 119 Å². The van der Waals surface area contributed by atoms with E-state index in [1.807, 2.05) is 0 Å². The normalized spacial score (nSPS) is 23.2. The molecule has 1 aliphatic rings. The predicted octanol–water partition coefficient (Wildman–Crippen LogP) is 2.28. The summed E-state index contributed by atoms with van der Waals surface area (Å²) in [7, 11) is 0. The van der Waals surface area contributed by atoms with E-state index in [9.17, 15) is 4.79 Å². The zero-order valence-corrected chi connectivity index (χ0v) is 12.9. The number of hydrogen-bond acceptors (Lipinski definition) is 4. The Morgan fingerprint density at radius 1 is 1.45 bits per heavy atom. The summed E-state index contributed by atoms with van der Waals surface area (Å²) in [5, 5.41) is 6.69. The summed E-state index contributed by atoms with van der Waals surface area (Å²) in [5.74, 6) is 1.73. The van der Waals surface area contributed by atoms with Crippen molar-refractivity contribution in [3.05, 3.63) is 23.4 Å². The molecule has 5 heteroatoms. The molecule has 110 valence electrons. The first-order valence-electron chi connectivity index (χ1n) is 7.04. The van der Waals surface area contributed by atoms with Crippen LogP contribution in [0.3, 0.4) is 0 Å². The van der Waals surface area contributed by atoms with Gasteiger partial charge < -0.3 is 9.84 Å². The van der Waals surface area contributed by atoms with Gasteiger partial charge in [0.1, 0.15) is 0 Å². The van der Waals surface area contributed by atoms with Gasteiger partial charge in [-0.15, -0.1) is 0 Å². The Kier molecular flexibility index (Phi) is 3.97. The van der Waals surface area contributed by atoms with Crippen LogP contribution in [0.4, 0.5) is 0 Å². The van der Waals surface area contributed by atoms with E-state index < -0.39 is 0 Å². The minimum Gasteiger partial charge on any atom is -0.355 e. The summed E-state index contributed by atoms with van der Waals surface area (Å²) < 4.78 is 5.01. The lowest BCUT2D eigenvalue weighted by Gasteiger charge is -2.04. The first-order valence-corrected chi connectivity index (χ1v) is 7.04. The molecule has 0 bridgehead atoms. The van der Waals surface area contributed by atoms with Crippen molar-refractivity contribution in [3.8, 4) is 0 Å². The van der Waals surface area contributed by atoms with Crippen LogP contribution in [0.1, 0.15) is 39.4 Å². The average molecular weight is 277 g/mol. The lowest BCUT2D eigenvalue weighted by atomic mass is 10.1. The van der Waals surface area contributed by atoms with Crippen LogP contribution in [-0.2, 0) is 11.2 Å². The van der Waals surface area contributed by atoms with Gasteiger partial charge in [0, 0.05) is 13.0 Å². The van der Waals surface area contributed by atoms with E-state index in [1.165, 1.54) is 5.57 Å². The predicted molar refractivity (Wildman–Crippen MR) is 75.9 cm³/mol. The van der Waals surface area contributed by atoms with Crippen molar-refractivity contribution in [2.75, 3.05) is 6.54 Å².